The van der Waals surface area contributed by atoms with Gasteiger partial charge in [-0.25, -0.2) is 0 Å². The molecule has 118 valence electrons. The quantitative estimate of drug-likeness (QED) is 0.849. The van der Waals surface area contributed by atoms with E-state index in [1.54, 1.807) is 6.07 Å². The van der Waals surface area contributed by atoms with Gasteiger partial charge in [-0.1, -0.05) is 5.92 Å². The molecule has 1 N–H and O–H groups in total. The number of amides is 1. The molecule has 1 aromatic carbocycles. The predicted molar refractivity (Wildman–Crippen MR) is 89.2 cm³/mol. The number of nitrogens with one attached hydrogen (secondary N) is 1. The van der Waals surface area contributed by atoms with Crippen molar-refractivity contribution in [3.05, 3.63) is 35.4 Å². The standard InChI is InChI=1S/C19H20N2O2/c1-2-14-6-8-23-18-10-15(3-4-17(14)18)19(22)20-16-9-13-5-7-21(11-13)12-16/h1,3-4,6,10,13,16H,5,7-9,11-12H2,(H,20,22)/t13-,16+/m0/s1. The van der Waals surface area contributed by atoms with Crippen LogP contribution in [0.2, 0.25) is 0 Å². The predicted octanol–water partition coefficient (Wildman–Crippen LogP) is 1.92. The van der Waals surface area contributed by atoms with Crippen LogP contribution in [0.4, 0.5) is 0 Å². The van der Waals surface area contributed by atoms with Gasteiger partial charge in [0.1, 0.15) is 12.4 Å². The maximum Gasteiger partial charge on any atom is 0.251 e. The Kier molecular flexibility index (Phi) is 3.59. The van der Waals surface area contributed by atoms with Gasteiger partial charge in [0, 0.05) is 35.8 Å². The molecule has 23 heavy (non-hydrogen) atoms. The normalized spacial score (nSPS) is 28.1. The van der Waals surface area contributed by atoms with Gasteiger partial charge in [0.15, 0.2) is 0 Å². The molecule has 2 bridgehead atoms. The first kappa shape index (κ1) is 14.3. The lowest BCUT2D eigenvalue weighted by atomic mass is 9.96. The van der Waals surface area contributed by atoms with Crippen LogP contribution in [0.3, 0.4) is 0 Å². The molecule has 0 aromatic heterocycles. The summed E-state index contributed by atoms with van der Waals surface area (Å²) in [7, 11) is 0. The smallest absolute Gasteiger partial charge is 0.251 e. The molecule has 3 atom stereocenters. The molecule has 2 saturated heterocycles. The minimum Gasteiger partial charge on any atom is -0.489 e. The summed E-state index contributed by atoms with van der Waals surface area (Å²) >= 11 is 0. The number of fused-ring (bicyclic) bond motifs is 3. The zero-order chi connectivity index (χ0) is 15.8. The zero-order valence-electron chi connectivity index (χ0n) is 13.0. The number of carbonyl (C=O) groups excluding carboxylic acids is 1. The Morgan fingerprint density at radius 3 is 3.13 bits per heavy atom. The Labute approximate surface area is 136 Å². The van der Waals surface area contributed by atoms with Crippen molar-refractivity contribution in [2.45, 2.75) is 18.9 Å². The molecule has 1 unspecified atom stereocenters. The van der Waals surface area contributed by atoms with Crippen molar-refractivity contribution >= 4 is 11.5 Å². The molecule has 4 nitrogen and oxygen atoms in total. The number of ether oxygens (including phenoxy) is 1. The van der Waals surface area contributed by atoms with E-state index in [0.717, 1.165) is 30.0 Å². The fourth-order valence-corrected chi connectivity index (χ4v) is 3.90. The van der Waals surface area contributed by atoms with Crippen LogP contribution in [0.1, 0.15) is 28.8 Å². The molecule has 4 heteroatoms. The van der Waals surface area contributed by atoms with E-state index in [1.165, 1.54) is 19.5 Å². The van der Waals surface area contributed by atoms with Crippen molar-refractivity contribution < 1.29 is 9.53 Å². The molecule has 3 aliphatic rings. The second-order valence-electron chi connectivity index (χ2n) is 6.60. The number of carbonyl (C=O) groups is 1. The van der Waals surface area contributed by atoms with Crippen LogP contribution in [-0.2, 0) is 0 Å². The summed E-state index contributed by atoms with van der Waals surface area (Å²) in [4.78, 5) is 15.0. The monoisotopic (exact) mass is 308 g/mol. The van der Waals surface area contributed by atoms with E-state index in [0.29, 0.717) is 17.9 Å². The van der Waals surface area contributed by atoms with Gasteiger partial charge >= 0.3 is 0 Å². The number of allylic oxidation sites excluding steroid dienone is 1. The van der Waals surface area contributed by atoms with Gasteiger partial charge in [-0.15, -0.1) is 6.42 Å². The van der Waals surface area contributed by atoms with E-state index in [4.69, 9.17) is 11.2 Å². The minimum atomic E-state index is -0.0271. The minimum absolute atomic E-state index is 0.0271. The summed E-state index contributed by atoms with van der Waals surface area (Å²) in [6, 6.07) is 5.75. The van der Waals surface area contributed by atoms with E-state index in [1.807, 2.05) is 18.2 Å². The van der Waals surface area contributed by atoms with Gasteiger partial charge in [-0.05, 0) is 49.6 Å². The fraction of sp³-hybridized carbons (Fsp3) is 0.421. The van der Waals surface area contributed by atoms with E-state index in [2.05, 4.69) is 16.1 Å². The lowest BCUT2D eigenvalue weighted by Crippen LogP contribution is -2.47. The maximum atomic E-state index is 12.5. The van der Waals surface area contributed by atoms with Crippen molar-refractivity contribution in [1.82, 2.24) is 10.2 Å². The zero-order valence-corrected chi connectivity index (χ0v) is 13.0. The number of piperidine rings is 1. The third-order valence-electron chi connectivity index (χ3n) is 5.02. The van der Waals surface area contributed by atoms with Crippen LogP contribution in [0.25, 0.3) is 5.57 Å². The highest BCUT2D eigenvalue weighted by Crippen LogP contribution is 2.31. The van der Waals surface area contributed by atoms with Gasteiger partial charge in [0.05, 0.1) is 0 Å². The van der Waals surface area contributed by atoms with E-state index >= 15 is 0 Å². The van der Waals surface area contributed by atoms with Crippen molar-refractivity contribution in [2.75, 3.05) is 26.2 Å². The molecular weight excluding hydrogens is 288 g/mol. The molecule has 0 radical (unpaired) electrons. The van der Waals surface area contributed by atoms with Gasteiger partial charge in [-0.3, -0.25) is 4.79 Å². The molecule has 1 amide bonds. The molecule has 0 aliphatic carbocycles. The highest BCUT2D eigenvalue weighted by atomic mass is 16.5. The van der Waals surface area contributed by atoms with Crippen LogP contribution in [0, 0.1) is 18.3 Å². The average Bonchev–Trinajstić information content (AvgIpc) is 2.92. The third-order valence-corrected chi connectivity index (χ3v) is 5.02. The molecule has 3 heterocycles. The molecular formula is C19H20N2O2. The van der Waals surface area contributed by atoms with Crippen LogP contribution in [0.5, 0.6) is 5.75 Å². The fourth-order valence-electron chi connectivity index (χ4n) is 3.90. The van der Waals surface area contributed by atoms with Crippen LogP contribution in [-0.4, -0.2) is 43.1 Å². The highest BCUT2D eigenvalue weighted by molar-refractivity contribution is 5.96. The van der Waals surface area contributed by atoms with Crippen molar-refractivity contribution in [1.29, 1.82) is 0 Å². The van der Waals surface area contributed by atoms with Crippen LogP contribution < -0.4 is 10.1 Å². The second-order valence-corrected chi connectivity index (χ2v) is 6.60. The first-order valence-electron chi connectivity index (χ1n) is 8.20. The first-order valence-corrected chi connectivity index (χ1v) is 8.20. The number of terminal acetylenes is 1. The summed E-state index contributed by atoms with van der Waals surface area (Å²) in [5.74, 6) is 4.07. The lowest BCUT2D eigenvalue weighted by molar-refractivity contribution is 0.0909. The SMILES string of the molecule is C#CC1=CCOc2cc(C(=O)N[C@@H]3C[C@@H]4CCN(C4)C3)ccc21. The third kappa shape index (κ3) is 2.73. The van der Waals surface area contributed by atoms with Crippen LogP contribution >= 0.6 is 0 Å². The van der Waals surface area contributed by atoms with E-state index in [9.17, 15) is 4.79 Å². The van der Waals surface area contributed by atoms with Crippen molar-refractivity contribution in [3.8, 4) is 18.1 Å². The van der Waals surface area contributed by atoms with Gasteiger partial charge in [0.2, 0.25) is 0 Å². The summed E-state index contributed by atoms with van der Waals surface area (Å²) in [6.07, 6.45) is 9.75. The number of nitrogens with zero attached hydrogens (tertiary/aromatic N) is 1. The maximum absolute atomic E-state index is 12.5. The Morgan fingerprint density at radius 2 is 2.30 bits per heavy atom. The second kappa shape index (κ2) is 5.75. The first-order chi connectivity index (χ1) is 11.2. The molecule has 0 spiro atoms. The molecule has 3 aliphatic heterocycles. The number of hydrogen-bond donors (Lipinski definition) is 1. The summed E-state index contributed by atoms with van der Waals surface area (Å²) < 4.78 is 5.62. The number of rotatable bonds is 2. The molecule has 0 saturated carbocycles. The highest BCUT2D eigenvalue weighted by Gasteiger charge is 2.33. The Bertz CT molecular complexity index is 705. The number of benzene rings is 1. The average molecular weight is 308 g/mol. The van der Waals surface area contributed by atoms with Crippen molar-refractivity contribution in [3.63, 3.8) is 0 Å². The summed E-state index contributed by atoms with van der Waals surface area (Å²) in [5, 5.41) is 3.18. The molecule has 4 rings (SSSR count). The Hall–Kier alpha value is -2.25. The van der Waals surface area contributed by atoms with Crippen LogP contribution in [0.15, 0.2) is 24.3 Å². The van der Waals surface area contributed by atoms with Gasteiger partial charge in [0.25, 0.3) is 5.91 Å². The molecule has 1 aromatic rings. The number of hydrogen-bond acceptors (Lipinski definition) is 3. The van der Waals surface area contributed by atoms with E-state index < -0.39 is 0 Å². The Morgan fingerprint density at radius 1 is 1.39 bits per heavy atom. The Balaban J connectivity index is 1.49. The topological polar surface area (TPSA) is 41.6 Å². The molecule has 2 fully saturated rings. The summed E-state index contributed by atoms with van der Waals surface area (Å²) in [6.45, 7) is 3.79. The van der Waals surface area contributed by atoms with Gasteiger partial charge < -0.3 is 15.0 Å². The van der Waals surface area contributed by atoms with E-state index in [-0.39, 0.29) is 11.9 Å². The van der Waals surface area contributed by atoms with Crippen molar-refractivity contribution in [2.24, 2.45) is 5.92 Å². The van der Waals surface area contributed by atoms with Gasteiger partial charge in [-0.2, -0.15) is 0 Å². The summed E-state index contributed by atoms with van der Waals surface area (Å²) in [5.41, 5.74) is 2.35. The largest absolute Gasteiger partial charge is 0.489 e. The lowest BCUT2D eigenvalue weighted by Gasteiger charge is -2.30.